The molecule has 0 aromatic heterocycles. The average molecular weight is 661 g/mol. The van der Waals surface area contributed by atoms with Crippen LogP contribution < -0.4 is 0 Å². The minimum absolute atomic E-state index is 0. The van der Waals surface area contributed by atoms with E-state index in [4.69, 9.17) is 25.3 Å². The van der Waals surface area contributed by atoms with Crippen molar-refractivity contribution in [1.82, 2.24) is 0 Å². The van der Waals surface area contributed by atoms with Gasteiger partial charge in [-0.3, -0.25) is 4.58 Å². The molecule has 194 valence electrons. The van der Waals surface area contributed by atoms with Gasteiger partial charge in [0.05, 0.1) is 0 Å². The first-order valence-corrected chi connectivity index (χ1v) is 11.1. The Labute approximate surface area is 242 Å². The summed E-state index contributed by atoms with van der Waals surface area (Å²) in [5.41, 5.74) is 15.7. The molecule has 0 atom stereocenters. The second kappa shape index (κ2) is 18.2. The molecule has 0 bridgehead atoms. The zero-order valence-electron chi connectivity index (χ0n) is 22.4. The average Bonchev–Trinajstić information content (AvgIpc) is 2.99. The maximum Gasteiger partial charge on any atom is 0 e. The molecule has 0 saturated carbocycles. The predicted molar refractivity (Wildman–Crippen MR) is 148 cm³/mol. The van der Waals surface area contributed by atoms with Crippen molar-refractivity contribution < 1.29 is 39.0 Å². The standard InChI is InChI=1S/2C10H15.C7H8S2.2CH3.2Rh/c2*1-6-7(2)9(4)10(5)8(6)3;8-7(9)6-4-2-1-3-5-6;;;;/h2*1-5H3;1-5,7-9H;2*1H3;;/q2*-1;;2*-1;;/p-2. The molecule has 3 aromatic rings. The molecule has 0 aliphatic carbocycles. The van der Waals surface area contributed by atoms with Crippen LogP contribution in [0.2, 0.25) is 0 Å². The van der Waals surface area contributed by atoms with Gasteiger partial charge in [-0.05, 0) is 0 Å². The monoisotopic (exact) mass is 660 g/mol. The van der Waals surface area contributed by atoms with Gasteiger partial charge in [-0.2, -0.15) is 55.6 Å². The topological polar surface area (TPSA) is 0 Å². The summed E-state index contributed by atoms with van der Waals surface area (Å²) in [6.07, 6.45) is 0. The van der Waals surface area contributed by atoms with Crippen LogP contribution in [0.1, 0.15) is 65.8 Å². The van der Waals surface area contributed by atoms with Gasteiger partial charge in [0.25, 0.3) is 0 Å². The Balaban J connectivity index is -0.000000180. The summed E-state index contributed by atoms with van der Waals surface area (Å²) in [5, 5.41) is 0. The van der Waals surface area contributed by atoms with Gasteiger partial charge in [-0.1, -0.05) is 105 Å². The number of hydrogen-bond donors (Lipinski definition) is 0. The minimum atomic E-state index is -0.175. The van der Waals surface area contributed by atoms with Gasteiger partial charge in [0.15, 0.2) is 0 Å². The zero-order chi connectivity index (χ0) is 22.5. The molecular formula is C29H42Rh2S2-6. The van der Waals surface area contributed by atoms with E-state index < -0.39 is 0 Å². The molecule has 0 spiro atoms. The Hall–Kier alpha value is -0.133. The number of rotatable bonds is 1. The molecule has 0 heterocycles. The second-order valence-corrected chi connectivity index (χ2v) is 9.23. The smallest absolute Gasteiger partial charge is 0 e. The molecule has 0 aliphatic rings. The largest absolute Gasteiger partial charge is 0.810 e. The van der Waals surface area contributed by atoms with E-state index >= 15 is 0 Å². The van der Waals surface area contributed by atoms with Crippen LogP contribution in [0.3, 0.4) is 0 Å². The van der Waals surface area contributed by atoms with Crippen molar-refractivity contribution >= 4 is 25.3 Å². The molecule has 0 aliphatic heterocycles. The van der Waals surface area contributed by atoms with Gasteiger partial charge in [-0.25, -0.2) is 0 Å². The van der Waals surface area contributed by atoms with E-state index in [0.29, 0.717) is 0 Å². The SMILES string of the molecule is Cc1c(C)c(C)[c-](C)c1C.Cc1c(C)c(C)[c-](C)c1C.[CH3-].[CH3-].[Rh].[Rh].[S-]C([S-])c1ccccc1. The van der Waals surface area contributed by atoms with Crippen LogP contribution in [0.25, 0.3) is 0 Å². The normalized spacial score (nSPS) is 9.12. The van der Waals surface area contributed by atoms with Crippen molar-refractivity contribution in [1.29, 1.82) is 0 Å². The quantitative estimate of drug-likeness (QED) is 0.146. The predicted octanol–water partition coefficient (Wildman–Crippen LogP) is 8.57. The van der Waals surface area contributed by atoms with Crippen molar-refractivity contribution in [3.63, 3.8) is 0 Å². The van der Waals surface area contributed by atoms with Crippen LogP contribution in [-0.4, -0.2) is 0 Å². The summed E-state index contributed by atoms with van der Waals surface area (Å²) in [4.78, 5) is 0. The van der Waals surface area contributed by atoms with Crippen LogP contribution in [-0.2, 0) is 64.2 Å². The van der Waals surface area contributed by atoms with Crippen molar-refractivity contribution in [3.8, 4) is 0 Å². The van der Waals surface area contributed by atoms with E-state index in [0.717, 1.165) is 5.56 Å². The summed E-state index contributed by atoms with van der Waals surface area (Å²) in [7, 11) is 0. The van der Waals surface area contributed by atoms with Gasteiger partial charge in [0, 0.05) is 39.0 Å². The third-order valence-corrected chi connectivity index (χ3v) is 7.24. The first kappa shape index (κ1) is 40.1. The van der Waals surface area contributed by atoms with Gasteiger partial charge >= 0.3 is 0 Å². The third kappa shape index (κ3) is 10.6. The molecule has 0 amide bonds. The fraction of sp³-hybridized carbons (Fsp3) is 0.379. The van der Waals surface area contributed by atoms with Crippen molar-refractivity contribution in [2.45, 2.75) is 73.8 Å². The fourth-order valence-corrected chi connectivity index (χ4v) is 3.74. The molecule has 0 N–H and O–H groups in total. The summed E-state index contributed by atoms with van der Waals surface area (Å²) >= 11 is 9.72. The Bertz CT molecular complexity index is 716. The second-order valence-electron chi connectivity index (χ2n) is 7.99. The Morgan fingerprint density at radius 3 is 0.909 bits per heavy atom. The van der Waals surface area contributed by atoms with Crippen molar-refractivity contribution in [2.75, 3.05) is 0 Å². The van der Waals surface area contributed by atoms with Crippen LogP contribution in [0.15, 0.2) is 30.3 Å². The Morgan fingerprint density at radius 2 is 0.788 bits per heavy atom. The van der Waals surface area contributed by atoms with E-state index in [2.05, 4.69) is 69.2 Å². The first-order valence-electron chi connectivity index (χ1n) is 10.2. The Morgan fingerprint density at radius 1 is 0.545 bits per heavy atom. The van der Waals surface area contributed by atoms with E-state index in [-0.39, 0.29) is 58.4 Å². The third-order valence-electron chi connectivity index (χ3n) is 6.70. The van der Waals surface area contributed by atoms with E-state index in [9.17, 15) is 0 Å². The summed E-state index contributed by atoms with van der Waals surface area (Å²) in [5.74, 6) is 0. The van der Waals surface area contributed by atoms with E-state index in [1.54, 1.807) is 0 Å². The fourth-order valence-electron chi connectivity index (χ4n) is 3.42. The molecule has 0 nitrogen and oxygen atoms in total. The molecule has 33 heavy (non-hydrogen) atoms. The number of benzene rings is 1. The molecule has 0 unspecified atom stereocenters. The van der Waals surface area contributed by atoms with E-state index in [1.807, 2.05) is 30.3 Å². The van der Waals surface area contributed by atoms with E-state index in [1.165, 1.54) is 55.6 Å². The van der Waals surface area contributed by atoms with Gasteiger partial charge < -0.3 is 40.1 Å². The Kier molecular flexibility index (Phi) is 22.1. The molecule has 0 saturated heterocycles. The molecular weight excluding hydrogens is 618 g/mol. The van der Waals surface area contributed by atoms with Crippen LogP contribution in [0.5, 0.6) is 0 Å². The molecule has 4 heteroatoms. The summed E-state index contributed by atoms with van der Waals surface area (Å²) < 4.78 is -0.175. The molecule has 3 aromatic carbocycles. The summed E-state index contributed by atoms with van der Waals surface area (Å²) in [6, 6.07) is 9.74. The van der Waals surface area contributed by atoms with Crippen molar-refractivity contribution in [2.24, 2.45) is 0 Å². The maximum absolute atomic E-state index is 4.86. The minimum Gasteiger partial charge on any atom is -0.810 e. The van der Waals surface area contributed by atoms with Gasteiger partial charge in [0.1, 0.15) is 0 Å². The number of hydrogen-bond acceptors (Lipinski definition) is 2. The van der Waals surface area contributed by atoms with Gasteiger partial charge in [0.2, 0.25) is 0 Å². The molecule has 0 fully saturated rings. The molecule has 3 rings (SSSR count). The van der Waals surface area contributed by atoms with Gasteiger partial charge in [-0.15, -0.1) is 0 Å². The summed E-state index contributed by atoms with van der Waals surface area (Å²) in [6.45, 7) is 22.0. The maximum atomic E-state index is 4.86. The van der Waals surface area contributed by atoms with Crippen LogP contribution in [0, 0.1) is 84.1 Å². The zero-order valence-corrected chi connectivity index (χ0v) is 27.4. The molecule has 2 radical (unpaired) electrons. The van der Waals surface area contributed by atoms with Crippen molar-refractivity contribution in [3.05, 3.63) is 106 Å². The first-order chi connectivity index (χ1) is 13.4. The van der Waals surface area contributed by atoms with Crippen LogP contribution in [0.4, 0.5) is 0 Å². The van der Waals surface area contributed by atoms with Crippen LogP contribution >= 0.6 is 0 Å².